The molecule has 0 radical (unpaired) electrons. The Morgan fingerprint density at radius 1 is 1.19 bits per heavy atom. The van der Waals surface area contributed by atoms with Crippen molar-refractivity contribution in [1.29, 1.82) is 0 Å². The number of nitrogens with zero attached hydrogens (tertiary/aromatic N) is 4. The molecule has 1 aliphatic carbocycles. The lowest BCUT2D eigenvalue weighted by Gasteiger charge is -2.45. The molecule has 3 aliphatic rings. The van der Waals surface area contributed by atoms with Crippen LogP contribution in [0.1, 0.15) is 42.6 Å². The quantitative estimate of drug-likeness (QED) is 0.806. The van der Waals surface area contributed by atoms with Crippen molar-refractivity contribution < 1.29 is 14.3 Å². The number of nitrogens with one attached hydrogen (secondary N) is 1. The first-order valence-corrected chi connectivity index (χ1v) is 9.90. The van der Waals surface area contributed by atoms with Gasteiger partial charge in [-0.2, -0.15) is 0 Å². The van der Waals surface area contributed by atoms with E-state index in [9.17, 15) is 9.59 Å². The number of carbonyl (C=O) groups is 2. The van der Waals surface area contributed by atoms with Crippen LogP contribution in [0.4, 0.5) is 0 Å². The molecular formula is C19H27N5O3. The van der Waals surface area contributed by atoms with E-state index in [1.54, 1.807) is 0 Å². The third-order valence-electron chi connectivity index (χ3n) is 5.98. The zero-order valence-corrected chi connectivity index (χ0v) is 15.5. The molecule has 146 valence electrons. The maximum Gasteiger partial charge on any atom is 0.271 e. The van der Waals surface area contributed by atoms with Gasteiger partial charge in [0.1, 0.15) is 12.3 Å². The molecule has 1 aromatic rings. The van der Waals surface area contributed by atoms with Crippen LogP contribution in [-0.4, -0.2) is 82.6 Å². The highest BCUT2D eigenvalue weighted by Crippen LogP contribution is 2.29. The van der Waals surface area contributed by atoms with Gasteiger partial charge in [0, 0.05) is 50.7 Å². The summed E-state index contributed by atoms with van der Waals surface area (Å²) in [6, 6.07) is 1.06. The molecule has 2 amide bonds. The summed E-state index contributed by atoms with van der Waals surface area (Å²) in [5.74, 6) is -0.211. The third-order valence-corrected chi connectivity index (χ3v) is 5.98. The first-order chi connectivity index (χ1) is 13.2. The number of hydrogen-bond acceptors (Lipinski definition) is 6. The summed E-state index contributed by atoms with van der Waals surface area (Å²) < 4.78 is 5.63. The first kappa shape index (κ1) is 18.3. The minimum absolute atomic E-state index is 0.0635. The lowest BCUT2D eigenvalue weighted by molar-refractivity contribution is -0.153. The van der Waals surface area contributed by atoms with Crippen LogP contribution >= 0.6 is 0 Å². The highest BCUT2D eigenvalue weighted by atomic mass is 16.5. The normalized spacial score (nSPS) is 25.3. The molecule has 0 aromatic carbocycles. The molecule has 2 aliphatic heterocycles. The number of likely N-dealkylation sites (tertiary alicyclic amines) is 1. The average molecular weight is 373 g/mol. The van der Waals surface area contributed by atoms with Gasteiger partial charge in [-0.3, -0.25) is 14.6 Å². The molecule has 1 N–H and O–H groups in total. The summed E-state index contributed by atoms with van der Waals surface area (Å²) in [6.07, 6.45) is 10.3. The van der Waals surface area contributed by atoms with E-state index in [-0.39, 0.29) is 36.3 Å². The van der Waals surface area contributed by atoms with E-state index < -0.39 is 0 Å². The van der Waals surface area contributed by atoms with Gasteiger partial charge < -0.3 is 19.9 Å². The van der Waals surface area contributed by atoms with Gasteiger partial charge in [-0.25, -0.2) is 4.98 Å². The van der Waals surface area contributed by atoms with E-state index in [1.165, 1.54) is 37.9 Å². The van der Waals surface area contributed by atoms with Crippen molar-refractivity contribution in [3.63, 3.8) is 0 Å². The molecule has 1 saturated carbocycles. The predicted molar refractivity (Wildman–Crippen MR) is 98.1 cm³/mol. The summed E-state index contributed by atoms with van der Waals surface area (Å²) in [5, 5.41) is 2.83. The largest absolute Gasteiger partial charge is 0.365 e. The first-order valence-electron chi connectivity index (χ1n) is 9.90. The van der Waals surface area contributed by atoms with Gasteiger partial charge in [0.25, 0.3) is 5.91 Å². The van der Waals surface area contributed by atoms with Crippen LogP contribution < -0.4 is 5.32 Å². The maximum atomic E-state index is 12.4. The Bertz CT molecular complexity index is 659. The number of morpholine rings is 1. The number of ether oxygens (including phenoxy) is 1. The van der Waals surface area contributed by atoms with Gasteiger partial charge in [-0.05, 0) is 25.7 Å². The van der Waals surface area contributed by atoms with Crippen LogP contribution in [-0.2, 0) is 9.53 Å². The second kappa shape index (κ2) is 8.31. The summed E-state index contributed by atoms with van der Waals surface area (Å²) in [5.41, 5.74) is 0.282. The Hall–Kier alpha value is -2.06. The summed E-state index contributed by atoms with van der Waals surface area (Å²) >= 11 is 0. The fraction of sp³-hybridized carbons (Fsp3) is 0.684. The molecule has 0 bridgehead atoms. The van der Waals surface area contributed by atoms with Crippen LogP contribution in [0.3, 0.4) is 0 Å². The number of rotatable bonds is 5. The van der Waals surface area contributed by atoms with Crippen molar-refractivity contribution in [2.75, 3.05) is 32.8 Å². The van der Waals surface area contributed by atoms with Gasteiger partial charge in [0.15, 0.2) is 0 Å². The SMILES string of the molecule is O=C(NCC1CN(C2CCN(C3CCC3)CC2)C(=O)CO1)c1cnccn1. The topological polar surface area (TPSA) is 87.7 Å². The fourth-order valence-electron chi connectivity index (χ4n) is 4.15. The van der Waals surface area contributed by atoms with Crippen molar-refractivity contribution in [3.05, 3.63) is 24.3 Å². The third kappa shape index (κ3) is 4.27. The number of aromatic nitrogens is 2. The molecule has 1 aromatic heterocycles. The smallest absolute Gasteiger partial charge is 0.271 e. The van der Waals surface area contributed by atoms with Crippen LogP contribution in [0, 0.1) is 0 Å². The van der Waals surface area contributed by atoms with E-state index in [1.807, 2.05) is 4.90 Å². The Morgan fingerprint density at radius 3 is 2.67 bits per heavy atom. The summed E-state index contributed by atoms with van der Waals surface area (Å²) in [7, 11) is 0. The lowest BCUT2D eigenvalue weighted by Crippen LogP contribution is -2.57. The van der Waals surface area contributed by atoms with Crippen molar-refractivity contribution in [3.8, 4) is 0 Å². The molecule has 8 nitrogen and oxygen atoms in total. The Balaban J connectivity index is 1.27. The van der Waals surface area contributed by atoms with Gasteiger partial charge in [0.2, 0.25) is 5.91 Å². The van der Waals surface area contributed by atoms with Crippen LogP contribution in [0.5, 0.6) is 0 Å². The molecule has 3 fully saturated rings. The van der Waals surface area contributed by atoms with Gasteiger partial charge in [-0.15, -0.1) is 0 Å². The zero-order chi connectivity index (χ0) is 18.6. The Kier molecular flexibility index (Phi) is 5.63. The molecular weight excluding hydrogens is 346 g/mol. The Morgan fingerprint density at radius 2 is 2.00 bits per heavy atom. The summed E-state index contributed by atoms with van der Waals surface area (Å²) in [6.45, 7) is 3.14. The van der Waals surface area contributed by atoms with E-state index in [4.69, 9.17) is 4.74 Å². The monoisotopic (exact) mass is 373 g/mol. The highest BCUT2D eigenvalue weighted by molar-refractivity contribution is 5.91. The number of amides is 2. The Labute approximate surface area is 159 Å². The standard InChI is InChI=1S/C19H27N5O3/c25-18-13-27-16(10-22-19(26)17-11-20-6-7-21-17)12-24(18)15-4-8-23(9-5-15)14-2-1-3-14/h6-7,11,14-16H,1-5,8-10,12-13H2,(H,22,26). The zero-order valence-electron chi connectivity index (χ0n) is 15.5. The van der Waals surface area contributed by atoms with Crippen molar-refractivity contribution in [2.45, 2.75) is 50.3 Å². The fourth-order valence-corrected chi connectivity index (χ4v) is 4.15. The molecule has 27 heavy (non-hydrogen) atoms. The van der Waals surface area contributed by atoms with E-state index in [2.05, 4.69) is 20.2 Å². The van der Waals surface area contributed by atoms with Crippen LogP contribution in [0.25, 0.3) is 0 Å². The van der Waals surface area contributed by atoms with Gasteiger partial charge in [-0.1, -0.05) is 6.42 Å². The number of hydrogen-bond donors (Lipinski definition) is 1. The number of carbonyl (C=O) groups excluding carboxylic acids is 2. The molecule has 0 spiro atoms. The molecule has 3 heterocycles. The average Bonchev–Trinajstić information content (AvgIpc) is 2.67. The van der Waals surface area contributed by atoms with Gasteiger partial charge >= 0.3 is 0 Å². The van der Waals surface area contributed by atoms with Crippen molar-refractivity contribution in [2.24, 2.45) is 0 Å². The van der Waals surface area contributed by atoms with Crippen LogP contribution in [0.2, 0.25) is 0 Å². The maximum absolute atomic E-state index is 12.4. The molecule has 1 unspecified atom stereocenters. The van der Waals surface area contributed by atoms with Crippen LogP contribution in [0.15, 0.2) is 18.6 Å². The van der Waals surface area contributed by atoms with Crippen molar-refractivity contribution in [1.82, 2.24) is 25.1 Å². The molecule has 4 rings (SSSR count). The lowest BCUT2D eigenvalue weighted by atomic mass is 9.89. The molecule has 8 heteroatoms. The van der Waals surface area contributed by atoms with Crippen molar-refractivity contribution >= 4 is 11.8 Å². The number of piperidine rings is 1. The minimum atomic E-state index is -0.274. The minimum Gasteiger partial charge on any atom is -0.365 e. The van der Waals surface area contributed by atoms with Gasteiger partial charge in [0.05, 0.1) is 12.3 Å². The van der Waals surface area contributed by atoms with E-state index in [0.29, 0.717) is 13.1 Å². The highest BCUT2D eigenvalue weighted by Gasteiger charge is 2.35. The predicted octanol–water partition coefficient (Wildman–Crippen LogP) is 0.451. The molecule has 1 atom stereocenters. The van der Waals surface area contributed by atoms with E-state index >= 15 is 0 Å². The second-order valence-electron chi connectivity index (χ2n) is 7.63. The van der Waals surface area contributed by atoms with E-state index in [0.717, 1.165) is 32.0 Å². The second-order valence-corrected chi connectivity index (χ2v) is 7.63. The summed E-state index contributed by atoms with van der Waals surface area (Å²) in [4.78, 5) is 36.9. The molecule has 2 saturated heterocycles.